The summed E-state index contributed by atoms with van der Waals surface area (Å²) in [6.45, 7) is 1.86. The zero-order chi connectivity index (χ0) is 14.8. The molecular formula is C15H12N4O2. The molecule has 1 N–H and O–H groups in total. The van der Waals surface area contributed by atoms with Crippen molar-refractivity contribution in [3.05, 3.63) is 60.0 Å². The van der Waals surface area contributed by atoms with Crippen LogP contribution in [-0.2, 0) is 0 Å². The van der Waals surface area contributed by atoms with Gasteiger partial charge in [-0.2, -0.15) is 5.10 Å². The normalized spacial score (nSPS) is 10.5. The average Bonchev–Trinajstić information content (AvgIpc) is 2.98. The number of hydrogen-bond donors (Lipinski definition) is 1. The lowest BCUT2D eigenvalue weighted by Crippen LogP contribution is -2.05. The van der Waals surface area contributed by atoms with Crippen molar-refractivity contribution in [2.24, 2.45) is 0 Å². The van der Waals surface area contributed by atoms with Gasteiger partial charge in [-0.25, -0.2) is 19.4 Å². The van der Waals surface area contributed by atoms with Crippen LogP contribution in [-0.4, -0.2) is 30.8 Å². The van der Waals surface area contributed by atoms with Crippen LogP contribution in [0.4, 0.5) is 0 Å². The van der Waals surface area contributed by atoms with Crippen molar-refractivity contribution >= 4 is 5.97 Å². The summed E-state index contributed by atoms with van der Waals surface area (Å²) < 4.78 is 1.44. The molecule has 3 rings (SSSR count). The summed E-state index contributed by atoms with van der Waals surface area (Å²) in [4.78, 5) is 19.7. The largest absolute Gasteiger partial charge is 0.476 e. The lowest BCUT2D eigenvalue weighted by Gasteiger charge is -2.06. The number of carboxylic acids is 1. The van der Waals surface area contributed by atoms with Gasteiger partial charge in [0.15, 0.2) is 17.3 Å². The molecule has 0 atom stereocenters. The Balaban J connectivity index is 2.07. The molecule has 0 fully saturated rings. The van der Waals surface area contributed by atoms with E-state index in [-0.39, 0.29) is 5.69 Å². The monoisotopic (exact) mass is 280 g/mol. The predicted octanol–water partition coefficient (Wildman–Crippen LogP) is 2.34. The van der Waals surface area contributed by atoms with Gasteiger partial charge in [-0.1, -0.05) is 30.3 Å². The van der Waals surface area contributed by atoms with E-state index in [1.165, 1.54) is 10.7 Å². The topological polar surface area (TPSA) is 80.9 Å². The molecule has 0 amide bonds. The molecular weight excluding hydrogens is 268 g/mol. The summed E-state index contributed by atoms with van der Waals surface area (Å²) >= 11 is 0. The Morgan fingerprint density at radius 1 is 1.14 bits per heavy atom. The molecule has 0 radical (unpaired) electrons. The zero-order valence-electron chi connectivity index (χ0n) is 11.3. The van der Waals surface area contributed by atoms with Gasteiger partial charge in [-0.15, -0.1) is 0 Å². The van der Waals surface area contributed by atoms with Gasteiger partial charge in [-0.05, 0) is 13.0 Å². The van der Waals surface area contributed by atoms with E-state index >= 15 is 0 Å². The highest BCUT2D eigenvalue weighted by Crippen LogP contribution is 2.17. The Labute approximate surface area is 120 Å². The third-order valence-electron chi connectivity index (χ3n) is 2.92. The van der Waals surface area contributed by atoms with Crippen LogP contribution in [0.15, 0.2) is 48.7 Å². The molecule has 21 heavy (non-hydrogen) atoms. The van der Waals surface area contributed by atoms with Gasteiger partial charge in [0.05, 0.1) is 0 Å². The van der Waals surface area contributed by atoms with Gasteiger partial charge in [-0.3, -0.25) is 0 Å². The number of hydrogen-bond acceptors (Lipinski definition) is 4. The van der Waals surface area contributed by atoms with E-state index in [0.717, 1.165) is 11.3 Å². The highest BCUT2D eigenvalue weighted by atomic mass is 16.4. The lowest BCUT2D eigenvalue weighted by molar-refractivity contribution is 0.0690. The van der Waals surface area contributed by atoms with Crippen LogP contribution in [0.1, 0.15) is 16.2 Å². The number of nitrogens with zero attached hydrogens (tertiary/aromatic N) is 4. The van der Waals surface area contributed by atoms with Gasteiger partial charge in [0.1, 0.15) is 0 Å². The molecule has 0 saturated carbocycles. The molecule has 104 valence electrons. The minimum Gasteiger partial charge on any atom is -0.476 e. The number of aryl methyl sites for hydroxylation is 1. The van der Waals surface area contributed by atoms with Crippen LogP contribution < -0.4 is 0 Å². The molecule has 0 bridgehead atoms. The van der Waals surface area contributed by atoms with E-state index in [2.05, 4.69) is 15.1 Å². The second kappa shape index (κ2) is 5.16. The van der Waals surface area contributed by atoms with Gasteiger partial charge >= 0.3 is 5.97 Å². The van der Waals surface area contributed by atoms with Gasteiger partial charge in [0.25, 0.3) is 0 Å². The first-order chi connectivity index (χ1) is 10.1. The predicted molar refractivity (Wildman–Crippen MR) is 76.3 cm³/mol. The first kappa shape index (κ1) is 13.0. The number of benzene rings is 1. The van der Waals surface area contributed by atoms with Crippen LogP contribution in [0.5, 0.6) is 0 Å². The molecule has 2 heterocycles. The van der Waals surface area contributed by atoms with Crippen molar-refractivity contribution in [2.45, 2.75) is 6.92 Å². The van der Waals surface area contributed by atoms with E-state index in [1.807, 2.05) is 37.3 Å². The maximum atomic E-state index is 10.9. The zero-order valence-corrected chi connectivity index (χ0v) is 11.3. The summed E-state index contributed by atoms with van der Waals surface area (Å²) in [7, 11) is 0. The van der Waals surface area contributed by atoms with Crippen LogP contribution >= 0.6 is 0 Å². The van der Waals surface area contributed by atoms with Crippen molar-refractivity contribution < 1.29 is 9.90 Å². The smallest absolute Gasteiger partial charge is 0.356 e. The standard InChI is InChI=1S/C15H12N4O2/c1-10-9-13(19-8-7-12(18-19)15(20)21)17-14(16-10)11-5-3-2-4-6-11/h2-9H,1H3,(H,20,21). The van der Waals surface area contributed by atoms with Crippen LogP contribution in [0.2, 0.25) is 0 Å². The molecule has 6 nitrogen and oxygen atoms in total. The van der Waals surface area contributed by atoms with Crippen LogP contribution in [0.3, 0.4) is 0 Å². The maximum absolute atomic E-state index is 10.9. The number of aromatic nitrogens is 4. The highest BCUT2D eigenvalue weighted by Gasteiger charge is 2.10. The Hall–Kier alpha value is -3.02. The van der Waals surface area contributed by atoms with Crippen molar-refractivity contribution in [1.82, 2.24) is 19.7 Å². The van der Waals surface area contributed by atoms with Gasteiger partial charge in [0, 0.05) is 23.5 Å². The van der Waals surface area contributed by atoms with Crippen molar-refractivity contribution in [1.29, 1.82) is 0 Å². The van der Waals surface area contributed by atoms with Crippen LogP contribution in [0.25, 0.3) is 17.2 Å². The Kier molecular flexibility index (Phi) is 3.19. The summed E-state index contributed by atoms with van der Waals surface area (Å²) in [5.74, 6) is 0.0506. The quantitative estimate of drug-likeness (QED) is 0.796. The average molecular weight is 280 g/mol. The SMILES string of the molecule is Cc1cc(-n2ccc(C(=O)O)n2)nc(-c2ccccc2)n1. The minimum atomic E-state index is -1.07. The second-order valence-electron chi connectivity index (χ2n) is 4.51. The van der Waals surface area contributed by atoms with Crippen molar-refractivity contribution in [3.63, 3.8) is 0 Å². The number of aromatic carboxylic acids is 1. The minimum absolute atomic E-state index is 0.0208. The fraction of sp³-hybridized carbons (Fsp3) is 0.0667. The van der Waals surface area contributed by atoms with E-state index in [4.69, 9.17) is 5.11 Å². The molecule has 0 saturated heterocycles. The summed E-state index contributed by atoms with van der Waals surface area (Å²) in [5.41, 5.74) is 1.66. The van der Waals surface area contributed by atoms with Crippen LogP contribution in [0, 0.1) is 6.92 Å². The molecule has 3 aromatic rings. The summed E-state index contributed by atoms with van der Waals surface area (Å²) in [6.07, 6.45) is 1.57. The molecule has 2 aromatic heterocycles. The van der Waals surface area contributed by atoms with E-state index in [9.17, 15) is 4.79 Å². The third kappa shape index (κ3) is 2.64. The van der Waals surface area contributed by atoms with Crippen molar-refractivity contribution in [3.8, 4) is 17.2 Å². The highest BCUT2D eigenvalue weighted by molar-refractivity contribution is 5.85. The lowest BCUT2D eigenvalue weighted by atomic mass is 10.2. The molecule has 0 unspecified atom stereocenters. The Morgan fingerprint density at radius 2 is 1.90 bits per heavy atom. The molecule has 0 aliphatic rings. The van der Waals surface area contributed by atoms with Gasteiger partial charge in [0.2, 0.25) is 0 Å². The van der Waals surface area contributed by atoms with Gasteiger partial charge < -0.3 is 5.11 Å². The summed E-state index contributed by atoms with van der Waals surface area (Å²) in [5, 5.41) is 12.9. The first-order valence-electron chi connectivity index (χ1n) is 6.34. The van der Waals surface area contributed by atoms with E-state index in [1.54, 1.807) is 12.3 Å². The molecule has 1 aromatic carbocycles. The molecule has 6 heteroatoms. The molecule has 0 aliphatic heterocycles. The third-order valence-corrected chi connectivity index (χ3v) is 2.92. The summed E-state index contributed by atoms with van der Waals surface area (Å²) in [6, 6.07) is 12.8. The van der Waals surface area contributed by atoms with E-state index < -0.39 is 5.97 Å². The fourth-order valence-electron chi connectivity index (χ4n) is 1.95. The Morgan fingerprint density at radius 3 is 2.57 bits per heavy atom. The van der Waals surface area contributed by atoms with E-state index in [0.29, 0.717) is 11.6 Å². The maximum Gasteiger partial charge on any atom is 0.356 e. The first-order valence-corrected chi connectivity index (χ1v) is 6.34. The fourth-order valence-corrected chi connectivity index (χ4v) is 1.95. The molecule has 0 spiro atoms. The second-order valence-corrected chi connectivity index (χ2v) is 4.51. The Bertz CT molecular complexity index is 796. The number of rotatable bonds is 3. The molecule has 0 aliphatic carbocycles. The number of carbonyl (C=O) groups is 1. The number of carboxylic acid groups (broad SMARTS) is 1. The van der Waals surface area contributed by atoms with Crippen molar-refractivity contribution in [2.75, 3.05) is 0 Å².